The Balaban J connectivity index is 1.41. The summed E-state index contributed by atoms with van der Waals surface area (Å²) >= 11 is 0. The summed E-state index contributed by atoms with van der Waals surface area (Å²) in [6.45, 7) is 1.89. The van der Waals surface area contributed by atoms with E-state index in [4.69, 9.17) is 0 Å². The highest BCUT2D eigenvalue weighted by Gasteiger charge is 2.49. The number of aromatic nitrogens is 3. The largest absolute Gasteiger partial charge is 0.416 e. The van der Waals surface area contributed by atoms with Crippen molar-refractivity contribution in [3.05, 3.63) is 35.7 Å². The molecule has 1 aliphatic carbocycles. The van der Waals surface area contributed by atoms with E-state index in [1.54, 1.807) is 11.0 Å². The Morgan fingerprint density at radius 1 is 1.15 bits per heavy atom. The van der Waals surface area contributed by atoms with E-state index in [0.717, 1.165) is 31.2 Å². The van der Waals surface area contributed by atoms with Crippen LogP contribution in [-0.2, 0) is 11.0 Å². The molecule has 1 saturated carbocycles. The maximum absolute atomic E-state index is 13.5. The molecule has 4 heterocycles. The van der Waals surface area contributed by atoms with E-state index < -0.39 is 30.8 Å². The molecule has 3 aliphatic rings. The van der Waals surface area contributed by atoms with Crippen molar-refractivity contribution in [3.63, 3.8) is 0 Å². The van der Waals surface area contributed by atoms with E-state index in [2.05, 4.69) is 20.3 Å². The van der Waals surface area contributed by atoms with Gasteiger partial charge in [-0.2, -0.15) is 18.2 Å². The fraction of sp³-hybridized carbons (Fsp3) is 0.545. The highest BCUT2D eigenvalue weighted by atomic mass is 19.4. The number of rotatable bonds is 5. The molecule has 1 unspecified atom stereocenters. The van der Waals surface area contributed by atoms with Crippen molar-refractivity contribution in [1.82, 2.24) is 19.9 Å². The number of carbonyl (C=O) groups is 1. The number of hydrogen-bond donors (Lipinski definition) is 1. The molecule has 1 N–H and O–H groups in total. The van der Waals surface area contributed by atoms with E-state index in [1.165, 1.54) is 4.90 Å². The van der Waals surface area contributed by atoms with Gasteiger partial charge in [0.2, 0.25) is 11.9 Å². The predicted molar refractivity (Wildman–Crippen MR) is 113 cm³/mol. The molecule has 182 valence electrons. The van der Waals surface area contributed by atoms with Gasteiger partial charge < -0.3 is 15.1 Å². The second kappa shape index (κ2) is 7.74. The molecule has 1 atom stereocenters. The van der Waals surface area contributed by atoms with Crippen molar-refractivity contribution >= 4 is 23.5 Å². The van der Waals surface area contributed by atoms with Gasteiger partial charge in [0.1, 0.15) is 11.6 Å². The minimum Gasteiger partial charge on any atom is -0.342 e. The summed E-state index contributed by atoms with van der Waals surface area (Å²) in [5.74, 6) is -2.73. The smallest absolute Gasteiger partial charge is 0.342 e. The van der Waals surface area contributed by atoms with Crippen molar-refractivity contribution in [2.45, 2.75) is 44.2 Å². The lowest BCUT2D eigenvalue weighted by Gasteiger charge is -2.38. The number of anilines is 3. The Morgan fingerprint density at radius 2 is 1.88 bits per heavy atom. The van der Waals surface area contributed by atoms with Gasteiger partial charge in [0.05, 0.1) is 24.3 Å². The van der Waals surface area contributed by atoms with Crippen LogP contribution in [0, 0.1) is 5.41 Å². The van der Waals surface area contributed by atoms with Gasteiger partial charge in [-0.05, 0) is 31.4 Å². The molecular weight excluding hydrogens is 459 g/mol. The number of nitrogens with zero attached hydrogens (tertiary/aromatic N) is 5. The van der Waals surface area contributed by atoms with Gasteiger partial charge in [0.15, 0.2) is 0 Å². The maximum Gasteiger partial charge on any atom is 0.416 e. The average Bonchev–Trinajstić information content (AvgIpc) is 3.31. The van der Waals surface area contributed by atoms with E-state index >= 15 is 0 Å². The van der Waals surface area contributed by atoms with Crippen molar-refractivity contribution in [2.24, 2.45) is 5.41 Å². The minimum absolute atomic E-state index is 0.0665. The lowest BCUT2D eigenvalue weighted by Crippen LogP contribution is -2.57. The number of likely N-dealkylation sites (tertiary alicyclic amines) is 1. The van der Waals surface area contributed by atoms with E-state index in [9.17, 15) is 26.7 Å². The molecule has 34 heavy (non-hydrogen) atoms. The third-order valence-electron chi connectivity index (χ3n) is 6.61. The monoisotopic (exact) mass is 482 g/mol. The molecule has 0 bridgehead atoms. The Hall–Kier alpha value is -3.05. The lowest BCUT2D eigenvalue weighted by molar-refractivity contribution is -0.137. The molecule has 5 rings (SSSR count). The van der Waals surface area contributed by atoms with Crippen molar-refractivity contribution in [3.8, 4) is 0 Å². The number of alkyl halides is 5. The van der Waals surface area contributed by atoms with Crippen LogP contribution in [0.5, 0.6) is 0 Å². The number of amides is 1. The summed E-state index contributed by atoms with van der Waals surface area (Å²) < 4.78 is 66.1. The van der Waals surface area contributed by atoms with Gasteiger partial charge in [-0.15, -0.1) is 0 Å². The number of pyridine rings is 1. The molecule has 7 nitrogen and oxygen atoms in total. The summed E-state index contributed by atoms with van der Waals surface area (Å²) in [5, 5.41) is 2.76. The van der Waals surface area contributed by atoms with Gasteiger partial charge in [-0.3, -0.25) is 4.79 Å². The van der Waals surface area contributed by atoms with Crippen LogP contribution in [0.25, 0.3) is 0 Å². The second-order valence-corrected chi connectivity index (χ2v) is 9.54. The first kappa shape index (κ1) is 22.7. The third kappa shape index (κ3) is 4.49. The Bertz CT molecular complexity index is 1110. The normalized spacial score (nSPS) is 22.9. The molecule has 2 aromatic rings. The van der Waals surface area contributed by atoms with E-state index in [0.29, 0.717) is 25.2 Å². The first-order valence-corrected chi connectivity index (χ1v) is 11.0. The van der Waals surface area contributed by atoms with Crippen LogP contribution in [0.1, 0.15) is 43.4 Å². The minimum atomic E-state index is -4.54. The molecule has 3 fully saturated rings. The molecular formula is C22H23F5N6O. The van der Waals surface area contributed by atoms with E-state index in [1.807, 2.05) is 6.92 Å². The highest BCUT2D eigenvalue weighted by molar-refractivity contribution is 5.85. The van der Waals surface area contributed by atoms with Gasteiger partial charge in [0, 0.05) is 36.7 Å². The van der Waals surface area contributed by atoms with Crippen LogP contribution in [0.15, 0.2) is 24.4 Å². The zero-order valence-corrected chi connectivity index (χ0v) is 18.4. The molecule has 1 amide bonds. The van der Waals surface area contributed by atoms with Gasteiger partial charge in [0.25, 0.3) is 5.92 Å². The van der Waals surface area contributed by atoms with E-state index in [-0.39, 0.29) is 34.8 Å². The van der Waals surface area contributed by atoms with Crippen molar-refractivity contribution < 1.29 is 26.7 Å². The van der Waals surface area contributed by atoms with Crippen LogP contribution in [0.2, 0.25) is 0 Å². The molecule has 0 aromatic carbocycles. The summed E-state index contributed by atoms with van der Waals surface area (Å²) in [6, 6.07) is 3.29. The van der Waals surface area contributed by atoms with Crippen LogP contribution >= 0.6 is 0 Å². The number of halogens is 5. The van der Waals surface area contributed by atoms with Crippen LogP contribution in [-0.4, -0.2) is 57.9 Å². The van der Waals surface area contributed by atoms with Crippen LogP contribution in [0.4, 0.5) is 39.5 Å². The topological polar surface area (TPSA) is 74.2 Å². The fourth-order valence-electron chi connectivity index (χ4n) is 4.30. The molecule has 2 saturated heterocycles. The second-order valence-electron chi connectivity index (χ2n) is 9.54. The number of hydrogen-bond acceptors (Lipinski definition) is 6. The summed E-state index contributed by atoms with van der Waals surface area (Å²) in [4.78, 5) is 28.5. The fourth-order valence-corrected chi connectivity index (χ4v) is 4.30. The lowest BCUT2D eigenvalue weighted by atomic mass is 10.0. The Labute approximate surface area is 192 Å². The summed E-state index contributed by atoms with van der Waals surface area (Å²) in [6.07, 6.45) is -1.13. The van der Waals surface area contributed by atoms with Crippen molar-refractivity contribution in [2.75, 3.05) is 36.4 Å². The predicted octanol–water partition coefficient (Wildman–Crippen LogP) is 4.21. The SMILES string of the molecule is CC1(C(=O)N2CCC(c3cc(Nc4cc(C(F)(F)F)ccn4)nc(N4CC(F)(F)C4)n3)C2)CC1. The third-order valence-corrected chi connectivity index (χ3v) is 6.61. The molecule has 2 aliphatic heterocycles. The first-order valence-electron chi connectivity index (χ1n) is 11.0. The standard InChI is InChI=1S/C22H23F5N6O/c1-20(4-5-20)18(34)32-7-3-13(10-32)15-9-17(31-19(29-15)33-11-21(23,24)12-33)30-16-8-14(2-6-28-16)22(25,26)27/h2,6,8-9,13H,3-5,7,10-12H2,1H3,(H,28,29,30,31). The zero-order chi connectivity index (χ0) is 24.3. The Morgan fingerprint density at radius 3 is 2.53 bits per heavy atom. The average molecular weight is 482 g/mol. The van der Waals surface area contributed by atoms with Crippen LogP contribution in [0.3, 0.4) is 0 Å². The quantitative estimate of drug-likeness (QED) is 0.644. The Kier molecular flexibility index (Phi) is 5.17. The molecule has 0 radical (unpaired) electrons. The van der Waals surface area contributed by atoms with Gasteiger partial charge in [-0.1, -0.05) is 6.92 Å². The first-order chi connectivity index (χ1) is 15.9. The number of carbonyl (C=O) groups excluding carboxylic acids is 1. The summed E-state index contributed by atoms with van der Waals surface area (Å²) in [7, 11) is 0. The number of nitrogens with one attached hydrogen (secondary N) is 1. The van der Waals surface area contributed by atoms with Crippen molar-refractivity contribution in [1.29, 1.82) is 0 Å². The summed E-state index contributed by atoms with van der Waals surface area (Å²) in [5.41, 5.74) is -0.622. The molecule has 0 spiro atoms. The maximum atomic E-state index is 13.5. The van der Waals surface area contributed by atoms with Gasteiger partial charge in [-0.25, -0.2) is 18.7 Å². The van der Waals surface area contributed by atoms with Crippen LogP contribution < -0.4 is 10.2 Å². The zero-order valence-electron chi connectivity index (χ0n) is 18.4. The molecule has 12 heteroatoms. The van der Waals surface area contributed by atoms with Gasteiger partial charge >= 0.3 is 6.18 Å². The molecule has 2 aromatic heterocycles. The highest BCUT2D eigenvalue weighted by Crippen LogP contribution is 2.47.